The van der Waals surface area contributed by atoms with E-state index >= 15 is 0 Å². The van der Waals surface area contributed by atoms with Gasteiger partial charge in [-0.2, -0.15) is 0 Å². The third kappa shape index (κ3) is 2.99. The van der Waals surface area contributed by atoms with Gasteiger partial charge in [0.05, 0.1) is 5.52 Å². The number of carbonyl (C=O) groups is 1. The fraction of sp³-hybridized carbons (Fsp3) is 0.471. The predicted octanol–water partition coefficient (Wildman–Crippen LogP) is 2.53. The van der Waals surface area contributed by atoms with Crippen molar-refractivity contribution >= 4 is 16.8 Å². The number of likely N-dealkylation sites (tertiary alicyclic amines) is 1. The Labute approximate surface area is 129 Å². The standard InChI is InChI=1S/C17H22FN3O/c1-20-15-7-5-6-14(18)13(15)12-16(20)17(22)19-8-11-21-9-3-2-4-10-21/h5-7,12H,2-4,8-11H2,1H3,(H,19,22). The molecule has 3 rings (SSSR count). The Bertz CT molecular complexity index is 674. The second-order valence-corrected chi connectivity index (χ2v) is 5.92. The van der Waals surface area contributed by atoms with Crippen LogP contribution in [-0.2, 0) is 7.05 Å². The first-order valence-corrected chi connectivity index (χ1v) is 7.91. The number of hydrogen-bond donors (Lipinski definition) is 1. The number of amides is 1. The molecular formula is C17H22FN3O. The molecule has 2 heterocycles. The minimum absolute atomic E-state index is 0.143. The van der Waals surface area contributed by atoms with E-state index < -0.39 is 0 Å². The molecule has 1 N–H and O–H groups in total. The lowest BCUT2D eigenvalue weighted by molar-refractivity contribution is 0.0939. The molecular weight excluding hydrogens is 281 g/mol. The second-order valence-electron chi connectivity index (χ2n) is 5.92. The molecule has 5 heteroatoms. The first-order valence-electron chi connectivity index (χ1n) is 7.91. The molecule has 1 aromatic heterocycles. The van der Waals surface area contributed by atoms with E-state index in [1.165, 1.54) is 25.3 Å². The summed E-state index contributed by atoms with van der Waals surface area (Å²) >= 11 is 0. The summed E-state index contributed by atoms with van der Waals surface area (Å²) in [5.74, 6) is -0.435. The highest BCUT2D eigenvalue weighted by atomic mass is 19.1. The van der Waals surface area contributed by atoms with Gasteiger partial charge in [-0.05, 0) is 44.1 Å². The summed E-state index contributed by atoms with van der Waals surface area (Å²) in [6.07, 6.45) is 3.80. The predicted molar refractivity (Wildman–Crippen MR) is 85.5 cm³/mol. The van der Waals surface area contributed by atoms with E-state index in [0.717, 1.165) is 25.2 Å². The zero-order valence-corrected chi connectivity index (χ0v) is 12.9. The van der Waals surface area contributed by atoms with Crippen LogP contribution in [-0.4, -0.2) is 41.6 Å². The third-order valence-corrected chi connectivity index (χ3v) is 4.43. The Morgan fingerprint density at radius 3 is 2.77 bits per heavy atom. The maximum absolute atomic E-state index is 13.8. The van der Waals surface area contributed by atoms with Crippen LogP contribution in [0, 0.1) is 5.82 Å². The maximum atomic E-state index is 13.8. The second kappa shape index (κ2) is 6.48. The van der Waals surface area contributed by atoms with Crippen LogP contribution in [0.25, 0.3) is 10.9 Å². The summed E-state index contributed by atoms with van der Waals surface area (Å²) in [5.41, 5.74) is 1.24. The van der Waals surface area contributed by atoms with E-state index in [1.807, 2.05) is 6.07 Å². The number of benzene rings is 1. The number of piperidine rings is 1. The average molecular weight is 303 g/mol. The van der Waals surface area contributed by atoms with Crippen molar-refractivity contribution in [2.24, 2.45) is 7.05 Å². The van der Waals surface area contributed by atoms with Crippen LogP contribution in [0.1, 0.15) is 29.8 Å². The molecule has 1 aromatic carbocycles. The highest BCUT2D eigenvalue weighted by Gasteiger charge is 2.15. The van der Waals surface area contributed by atoms with Crippen molar-refractivity contribution in [3.63, 3.8) is 0 Å². The largest absolute Gasteiger partial charge is 0.349 e. The van der Waals surface area contributed by atoms with Gasteiger partial charge in [0.2, 0.25) is 0 Å². The molecule has 0 spiro atoms. The van der Waals surface area contributed by atoms with Crippen molar-refractivity contribution in [2.75, 3.05) is 26.2 Å². The molecule has 22 heavy (non-hydrogen) atoms. The summed E-state index contributed by atoms with van der Waals surface area (Å²) in [7, 11) is 1.79. The quantitative estimate of drug-likeness (QED) is 0.942. The van der Waals surface area contributed by atoms with Gasteiger partial charge in [-0.25, -0.2) is 4.39 Å². The van der Waals surface area contributed by atoms with E-state index in [4.69, 9.17) is 0 Å². The molecule has 0 atom stereocenters. The number of nitrogens with one attached hydrogen (secondary N) is 1. The van der Waals surface area contributed by atoms with Gasteiger partial charge in [0.25, 0.3) is 5.91 Å². The molecule has 2 aromatic rings. The number of aryl methyl sites for hydroxylation is 1. The summed E-state index contributed by atoms with van der Waals surface area (Å²) in [6, 6.07) is 6.53. The molecule has 4 nitrogen and oxygen atoms in total. The highest BCUT2D eigenvalue weighted by molar-refractivity contribution is 5.98. The molecule has 1 saturated heterocycles. The number of aromatic nitrogens is 1. The first kappa shape index (κ1) is 15.0. The Balaban J connectivity index is 1.64. The Morgan fingerprint density at radius 1 is 1.27 bits per heavy atom. The van der Waals surface area contributed by atoms with Crippen molar-refractivity contribution in [2.45, 2.75) is 19.3 Å². The van der Waals surface area contributed by atoms with Gasteiger partial charge < -0.3 is 14.8 Å². The topological polar surface area (TPSA) is 37.3 Å². The first-order chi connectivity index (χ1) is 10.7. The Kier molecular flexibility index (Phi) is 4.43. The lowest BCUT2D eigenvalue weighted by Gasteiger charge is -2.26. The fourth-order valence-corrected chi connectivity index (χ4v) is 3.14. The highest BCUT2D eigenvalue weighted by Crippen LogP contribution is 2.21. The van der Waals surface area contributed by atoms with Gasteiger partial charge in [0.15, 0.2) is 0 Å². The molecule has 0 saturated carbocycles. The normalized spacial score (nSPS) is 16.1. The van der Waals surface area contributed by atoms with E-state index in [9.17, 15) is 9.18 Å². The summed E-state index contributed by atoms with van der Waals surface area (Å²) in [4.78, 5) is 14.7. The number of hydrogen-bond acceptors (Lipinski definition) is 2. The van der Waals surface area contributed by atoms with Crippen LogP contribution in [0.15, 0.2) is 24.3 Å². The van der Waals surface area contributed by atoms with Gasteiger partial charge in [0, 0.05) is 25.5 Å². The molecule has 1 amide bonds. The lowest BCUT2D eigenvalue weighted by atomic mass is 10.1. The van der Waals surface area contributed by atoms with Crippen LogP contribution in [0.3, 0.4) is 0 Å². The summed E-state index contributed by atoms with van der Waals surface area (Å²) in [6.45, 7) is 3.75. The molecule has 1 aliphatic rings. The minimum Gasteiger partial charge on any atom is -0.349 e. The van der Waals surface area contributed by atoms with Crippen LogP contribution in [0.5, 0.6) is 0 Å². The number of carbonyl (C=O) groups excluding carboxylic acids is 1. The minimum atomic E-state index is -0.291. The van der Waals surface area contributed by atoms with E-state index in [-0.39, 0.29) is 11.7 Å². The smallest absolute Gasteiger partial charge is 0.267 e. The molecule has 0 aliphatic carbocycles. The Morgan fingerprint density at radius 2 is 2.05 bits per heavy atom. The van der Waals surface area contributed by atoms with Crippen molar-refractivity contribution in [3.05, 3.63) is 35.8 Å². The summed E-state index contributed by atoms with van der Waals surface area (Å²) in [5, 5.41) is 3.44. The van der Waals surface area contributed by atoms with Gasteiger partial charge in [0.1, 0.15) is 11.5 Å². The molecule has 0 radical (unpaired) electrons. The average Bonchev–Trinajstić information content (AvgIpc) is 2.87. The van der Waals surface area contributed by atoms with Crippen LogP contribution in [0.2, 0.25) is 0 Å². The van der Waals surface area contributed by atoms with Crippen LogP contribution >= 0.6 is 0 Å². The molecule has 118 valence electrons. The van der Waals surface area contributed by atoms with E-state index in [2.05, 4.69) is 10.2 Å². The lowest BCUT2D eigenvalue weighted by Crippen LogP contribution is -2.38. The summed E-state index contributed by atoms with van der Waals surface area (Å²) < 4.78 is 15.5. The number of rotatable bonds is 4. The van der Waals surface area contributed by atoms with E-state index in [1.54, 1.807) is 23.7 Å². The Hall–Kier alpha value is -1.88. The van der Waals surface area contributed by atoms with E-state index in [0.29, 0.717) is 17.6 Å². The number of fused-ring (bicyclic) bond motifs is 1. The van der Waals surface area contributed by atoms with Crippen molar-refractivity contribution < 1.29 is 9.18 Å². The van der Waals surface area contributed by atoms with Crippen molar-refractivity contribution in [1.29, 1.82) is 0 Å². The molecule has 1 aliphatic heterocycles. The van der Waals surface area contributed by atoms with Gasteiger partial charge in [-0.3, -0.25) is 4.79 Å². The monoisotopic (exact) mass is 303 g/mol. The van der Waals surface area contributed by atoms with Gasteiger partial charge >= 0.3 is 0 Å². The van der Waals surface area contributed by atoms with Gasteiger partial charge in [-0.1, -0.05) is 12.5 Å². The van der Waals surface area contributed by atoms with Crippen LogP contribution in [0.4, 0.5) is 4.39 Å². The molecule has 0 bridgehead atoms. The number of nitrogens with zero attached hydrogens (tertiary/aromatic N) is 2. The zero-order valence-electron chi connectivity index (χ0n) is 12.9. The van der Waals surface area contributed by atoms with Crippen LogP contribution < -0.4 is 5.32 Å². The zero-order chi connectivity index (χ0) is 15.5. The number of halogens is 1. The molecule has 1 fully saturated rings. The molecule has 0 unspecified atom stereocenters. The SMILES string of the molecule is Cn1c(C(=O)NCCN2CCCCC2)cc2c(F)cccc21. The fourth-order valence-electron chi connectivity index (χ4n) is 3.14. The maximum Gasteiger partial charge on any atom is 0.267 e. The third-order valence-electron chi connectivity index (χ3n) is 4.43. The van der Waals surface area contributed by atoms with Gasteiger partial charge in [-0.15, -0.1) is 0 Å². The van der Waals surface area contributed by atoms with Crippen molar-refractivity contribution in [3.8, 4) is 0 Å². The van der Waals surface area contributed by atoms with Crippen molar-refractivity contribution in [1.82, 2.24) is 14.8 Å².